The van der Waals surface area contributed by atoms with Gasteiger partial charge >= 0.3 is 30.5 Å². The molecule has 15 heteroatoms. The molecule has 0 spiro atoms. The van der Waals surface area contributed by atoms with Gasteiger partial charge in [-0.2, -0.15) is 39.5 Å². The second-order valence-corrected chi connectivity index (χ2v) is 9.08. The lowest BCUT2D eigenvalue weighted by Gasteiger charge is -2.24. The number of nitrogens with one attached hydrogen (secondary N) is 2. The predicted molar refractivity (Wildman–Crippen MR) is 134 cm³/mol. The Balaban J connectivity index is 0.000000782. The highest BCUT2D eigenvalue weighted by Gasteiger charge is 2.39. The number of carbonyl (C=O) groups is 2. The van der Waals surface area contributed by atoms with Gasteiger partial charge < -0.3 is 15.7 Å². The van der Waals surface area contributed by atoms with Crippen LogP contribution in [0.5, 0.6) is 0 Å². The number of aliphatic carboxylic acids is 1. The first-order valence-electron chi connectivity index (χ1n) is 11.9. The lowest BCUT2D eigenvalue weighted by molar-refractivity contribution is -0.192. The molecule has 228 valence electrons. The number of pyridine rings is 1. The van der Waals surface area contributed by atoms with E-state index in [0.717, 1.165) is 53.7 Å². The highest BCUT2D eigenvalue weighted by atomic mass is 19.4. The Morgan fingerprint density at radius 3 is 1.88 bits per heavy atom. The molecule has 0 bridgehead atoms. The minimum absolute atomic E-state index is 0.00576. The Labute approximate surface area is 233 Å². The van der Waals surface area contributed by atoms with Crippen molar-refractivity contribution in [2.24, 2.45) is 0 Å². The van der Waals surface area contributed by atoms with Gasteiger partial charge in [0.2, 0.25) is 0 Å². The third kappa shape index (κ3) is 9.11. The van der Waals surface area contributed by atoms with E-state index in [1.54, 1.807) is 13.0 Å². The molecule has 1 aromatic heterocycles. The zero-order valence-electron chi connectivity index (χ0n) is 22.0. The molecule has 2 aromatic carbocycles. The van der Waals surface area contributed by atoms with Crippen molar-refractivity contribution < 1.29 is 54.2 Å². The number of rotatable bonds is 5. The van der Waals surface area contributed by atoms with Crippen LogP contribution in [0.1, 0.15) is 59.3 Å². The number of carboxylic acids is 1. The Morgan fingerprint density at radius 2 is 1.40 bits per heavy atom. The number of para-hydroxylation sites is 1. The van der Waals surface area contributed by atoms with Crippen LogP contribution < -0.4 is 10.6 Å². The number of urea groups is 1. The van der Waals surface area contributed by atoms with Crippen molar-refractivity contribution in [3.05, 3.63) is 94.3 Å². The topological polar surface area (TPSA) is 91.3 Å². The number of aryl methyl sites for hydroxylation is 1. The third-order valence-corrected chi connectivity index (χ3v) is 5.67. The number of anilines is 1. The fourth-order valence-electron chi connectivity index (χ4n) is 3.68. The molecule has 0 aliphatic carbocycles. The molecule has 0 saturated carbocycles. The Morgan fingerprint density at radius 1 is 0.833 bits per heavy atom. The summed E-state index contributed by atoms with van der Waals surface area (Å²) >= 11 is 0. The van der Waals surface area contributed by atoms with E-state index in [-0.39, 0.29) is 11.5 Å². The summed E-state index contributed by atoms with van der Waals surface area (Å²) in [6.07, 6.45) is -13.4. The van der Waals surface area contributed by atoms with Crippen LogP contribution in [0.3, 0.4) is 0 Å². The first-order chi connectivity index (χ1) is 19.2. The van der Waals surface area contributed by atoms with Gasteiger partial charge in [0.1, 0.15) is 0 Å². The molecule has 3 N–H and O–H groups in total. The number of benzene rings is 2. The number of aromatic nitrogens is 1. The van der Waals surface area contributed by atoms with E-state index in [4.69, 9.17) is 9.90 Å². The largest absolute Gasteiger partial charge is 0.490 e. The average molecular weight is 609 g/mol. The van der Waals surface area contributed by atoms with Crippen molar-refractivity contribution >= 4 is 17.7 Å². The fraction of sp³-hybridized carbons (Fsp3) is 0.296. The van der Waals surface area contributed by atoms with Gasteiger partial charge in [-0.25, -0.2) is 9.59 Å². The van der Waals surface area contributed by atoms with E-state index in [1.165, 1.54) is 0 Å². The van der Waals surface area contributed by atoms with Crippen LogP contribution in [0.4, 0.5) is 50.0 Å². The predicted octanol–water partition coefficient (Wildman–Crippen LogP) is 8.10. The standard InChI is InChI=1S/C25H23F6N3O.C2HF3O2/c1-14(2)18-7-4-6-15(3)20(18)33-23(35)34-21(16-9-11-17(12-10-16)24(26,27)28)22-19(25(29,30)31)8-5-13-32-22;3-2(4,5)1(6)7/h4-14,21H,1-3H3,(H2,33,34,35);(H,6,7)/t21-;/m0./s1. The van der Waals surface area contributed by atoms with Crippen LogP contribution >= 0.6 is 0 Å². The van der Waals surface area contributed by atoms with Crippen LogP contribution in [0, 0.1) is 6.92 Å². The van der Waals surface area contributed by atoms with Crippen LogP contribution in [0.25, 0.3) is 0 Å². The zero-order valence-corrected chi connectivity index (χ0v) is 22.0. The van der Waals surface area contributed by atoms with E-state index in [2.05, 4.69) is 15.6 Å². The number of hydrogen-bond donors (Lipinski definition) is 3. The van der Waals surface area contributed by atoms with Crippen molar-refractivity contribution in [3.8, 4) is 0 Å². The van der Waals surface area contributed by atoms with Crippen molar-refractivity contribution in [1.29, 1.82) is 0 Å². The SMILES string of the molecule is Cc1cccc(C(C)C)c1NC(=O)N[C@@H](c1ccc(C(F)(F)F)cc1)c1ncccc1C(F)(F)F.O=C(O)C(F)(F)F. The maximum absolute atomic E-state index is 13.7. The van der Waals surface area contributed by atoms with Gasteiger partial charge in [-0.1, -0.05) is 44.2 Å². The second kappa shape index (κ2) is 13.1. The van der Waals surface area contributed by atoms with Crippen LogP contribution in [-0.2, 0) is 17.1 Å². The van der Waals surface area contributed by atoms with Gasteiger partial charge in [-0.05, 0) is 53.8 Å². The van der Waals surface area contributed by atoms with Gasteiger partial charge in [0, 0.05) is 11.9 Å². The minimum Gasteiger partial charge on any atom is -0.475 e. The van der Waals surface area contributed by atoms with Gasteiger partial charge in [-0.3, -0.25) is 4.98 Å². The molecule has 6 nitrogen and oxygen atoms in total. The normalized spacial score (nSPS) is 12.7. The molecule has 3 rings (SSSR count). The van der Waals surface area contributed by atoms with Crippen molar-refractivity contribution in [2.45, 2.75) is 51.3 Å². The fourth-order valence-corrected chi connectivity index (χ4v) is 3.68. The Kier molecular flexibility index (Phi) is 10.6. The van der Waals surface area contributed by atoms with E-state index in [1.807, 2.05) is 26.0 Å². The van der Waals surface area contributed by atoms with Gasteiger partial charge in [0.15, 0.2) is 0 Å². The van der Waals surface area contributed by atoms with Crippen molar-refractivity contribution in [2.75, 3.05) is 5.32 Å². The molecule has 0 aliphatic rings. The highest BCUT2D eigenvalue weighted by Crippen LogP contribution is 2.37. The molecule has 0 unspecified atom stereocenters. The molecule has 0 fully saturated rings. The molecular weight excluding hydrogens is 585 g/mol. The molecule has 3 aromatic rings. The Bertz CT molecular complexity index is 1380. The summed E-state index contributed by atoms with van der Waals surface area (Å²) in [5.41, 5.74) is -0.545. The van der Waals surface area contributed by atoms with Crippen LogP contribution in [-0.4, -0.2) is 28.3 Å². The van der Waals surface area contributed by atoms with E-state index >= 15 is 0 Å². The van der Waals surface area contributed by atoms with Gasteiger partial charge in [0.05, 0.1) is 22.9 Å². The quantitative estimate of drug-likeness (QED) is 0.255. The van der Waals surface area contributed by atoms with E-state index < -0.39 is 53.4 Å². The van der Waals surface area contributed by atoms with E-state index in [9.17, 15) is 44.3 Å². The number of halogens is 9. The third-order valence-electron chi connectivity index (χ3n) is 5.67. The Hall–Kier alpha value is -4.30. The summed E-state index contributed by atoms with van der Waals surface area (Å²) in [5.74, 6) is -2.71. The summed E-state index contributed by atoms with van der Waals surface area (Å²) in [4.78, 5) is 25.7. The summed E-state index contributed by atoms with van der Waals surface area (Å²) in [6, 6.07) is 8.55. The average Bonchev–Trinajstić information content (AvgIpc) is 2.87. The minimum atomic E-state index is -5.08. The van der Waals surface area contributed by atoms with E-state index in [0.29, 0.717) is 5.69 Å². The maximum atomic E-state index is 13.7. The van der Waals surface area contributed by atoms with Crippen molar-refractivity contribution in [3.63, 3.8) is 0 Å². The number of amides is 2. The zero-order chi connectivity index (χ0) is 32.0. The lowest BCUT2D eigenvalue weighted by Crippen LogP contribution is -2.35. The maximum Gasteiger partial charge on any atom is 0.490 e. The molecule has 0 aliphatic heterocycles. The smallest absolute Gasteiger partial charge is 0.475 e. The number of carboxylic acid groups (broad SMARTS) is 1. The lowest BCUT2D eigenvalue weighted by atomic mass is 9.97. The monoisotopic (exact) mass is 609 g/mol. The van der Waals surface area contributed by atoms with Crippen LogP contribution in [0.15, 0.2) is 60.8 Å². The van der Waals surface area contributed by atoms with Crippen LogP contribution in [0.2, 0.25) is 0 Å². The van der Waals surface area contributed by atoms with Gasteiger partial charge in [-0.15, -0.1) is 0 Å². The molecule has 1 atom stereocenters. The first-order valence-corrected chi connectivity index (χ1v) is 11.9. The van der Waals surface area contributed by atoms with Crippen molar-refractivity contribution in [1.82, 2.24) is 10.3 Å². The summed E-state index contributed by atoms with van der Waals surface area (Å²) in [6.45, 7) is 5.62. The summed E-state index contributed by atoms with van der Waals surface area (Å²) < 4.78 is 112. The number of hydrogen-bond acceptors (Lipinski definition) is 3. The van der Waals surface area contributed by atoms with Gasteiger partial charge in [0.25, 0.3) is 0 Å². The molecular formula is C27H24F9N3O3. The first kappa shape index (κ1) is 33.9. The molecule has 1 heterocycles. The highest BCUT2D eigenvalue weighted by molar-refractivity contribution is 5.91. The molecule has 42 heavy (non-hydrogen) atoms. The summed E-state index contributed by atoms with van der Waals surface area (Å²) in [5, 5.41) is 12.3. The number of carbonyl (C=O) groups excluding carboxylic acids is 1. The summed E-state index contributed by atoms with van der Waals surface area (Å²) in [7, 11) is 0. The molecule has 0 radical (unpaired) electrons. The molecule has 0 saturated heterocycles. The second-order valence-electron chi connectivity index (χ2n) is 9.08. The number of alkyl halides is 9. The number of nitrogens with zero attached hydrogens (tertiary/aromatic N) is 1. The molecule has 2 amide bonds.